The first-order chi connectivity index (χ1) is 10.6. The first-order valence-electron chi connectivity index (χ1n) is 7.98. The van der Waals surface area contributed by atoms with Crippen LogP contribution in [-0.2, 0) is 12.0 Å². The van der Waals surface area contributed by atoms with Crippen molar-refractivity contribution in [3.05, 3.63) is 41.0 Å². The summed E-state index contributed by atoms with van der Waals surface area (Å²) in [5, 5.41) is 13.5. The lowest BCUT2D eigenvalue weighted by Gasteiger charge is -2.42. The fraction of sp³-hybridized carbons (Fsp3) is 0.556. The maximum Gasteiger partial charge on any atom is 0.139 e. The van der Waals surface area contributed by atoms with E-state index < -0.39 is 0 Å². The van der Waals surface area contributed by atoms with Crippen LogP contribution in [0.15, 0.2) is 24.3 Å². The van der Waals surface area contributed by atoms with Crippen LogP contribution in [0, 0.1) is 12.8 Å². The van der Waals surface area contributed by atoms with Crippen molar-refractivity contribution in [2.75, 3.05) is 11.2 Å². The van der Waals surface area contributed by atoms with Gasteiger partial charge in [0.25, 0.3) is 0 Å². The second-order valence-electron chi connectivity index (χ2n) is 6.51. The Morgan fingerprint density at radius 1 is 1.45 bits per heavy atom. The number of nitrogens with one attached hydrogen (secondary N) is 1. The molecule has 0 radical (unpaired) electrons. The lowest BCUT2D eigenvalue weighted by Crippen LogP contribution is -2.39. The number of fused-ring (bicyclic) bond motifs is 2. The van der Waals surface area contributed by atoms with Gasteiger partial charge in [0.15, 0.2) is 0 Å². The SMILES string of the molecule is Cc1c(OCI)ccc2c1C1(C=C[C@H](O)C[C@@H]1C)CCNC2. The highest BCUT2D eigenvalue weighted by atomic mass is 127. The van der Waals surface area contributed by atoms with Crippen molar-refractivity contribution >= 4 is 22.6 Å². The van der Waals surface area contributed by atoms with Crippen LogP contribution < -0.4 is 10.1 Å². The van der Waals surface area contributed by atoms with Gasteiger partial charge in [-0.05, 0) is 77.6 Å². The van der Waals surface area contributed by atoms with E-state index in [9.17, 15) is 5.11 Å². The van der Waals surface area contributed by atoms with Crippen LogP contribution in [-0.4, -0.2) is 22.4 Å². The molecule has 120 valence electrons. The van der Waals surface area contributed by atoms with Gasteiger partial charge in [0.1, 0.15) is 10.4 Å². The van der Waals surface area contributed by atoms with E-state index in [-0.39, 0.29) is 11.5 Å². The summed E-state index contributed by atoms with van der Waals surface area (Å²) < 4.78 is 6.49. The molecular weight excluding hydrogens is 389 g/mol. The van der Waals surface area contributed by atoms with Gasteiger partial charge in [-0.1, -0.05) is 25.1 Å². The highest BCUT2D eigenvalue weighted by molar-refractivity contribution is 14.1. The third-order valence-corrected chi connectivity index (χ3v) is 5.61. The molecule has 0 fully saturated rings. The Morgan fingerprint density at radius 3 is 3.00 bits per heavy atom. The van der Waals surface area contributed by atoms with Crippen LogP contribution in [0.5, 0.6) is 5.75 Å². The standard InChI is InChI=1S/C18H24INO2/c1-12-9-15(21)5-6-18(12)7-8-20-10-14-3-4-16(22-11-19)13(2)17(14)18/h3-6,12,15,20-21H,7-11H2,1-2H3/t12-,15-,18?/m0/s1. The van der Waals surface area contributed by atoms with E-state index in [1.807, 2.05) is 6.08 Å². The highest BCUT2D eigenvalue weighted by Gasteiger charge is 2.42. The average molecular weight is 413 g/mol. The van der Waals surface area contributed by atoms with Crippen molar-refractivity contribution in [1.82, 2.24) is 5.32 Å². The summed E-state index contributed by atoms with van der Waals surface area (Å²) >= 11 is 2.24. The van der Waals surface area contributed by atoms with E-state index in [1.54, 1.807) is 0 Å². The Bertz CT molecular complexity index is 587. The molecule has 0 saturated heterocycles. The van der Waals surface area contributed by atoms with Gasteiger partial charge in [0.2, 0.25) is 0 Å². The Morgan fingerprint density at radius 2 is 2.27 bits per heavy atom. The van der Waals surface area contributed by atoms with Crippen molar-refractivity contribution in [3.8, 4) is 5.75 Å². The van der Waals surface area contributed by atoms with Crippen LogP contribution in [0.3, 0.4) is 0 Å². The summed E-state index contributed by atoms with van der Waals surface area (Å²) in [6, 6.07) is 4.30. The van der Waals surface area contributed by atoms with E-state index >= 15 is 0 Å². The molecular formula is C18H24INO2. The van der Waals surface area contributed by atoms with Crippen LogP contribution >= 0.6 is 22.6 Å². The van der Waals surface area contributed by atoms with Crippen LogP contribution in [0.1, 0.15) is 36.5 Å². The number of hydrogen-bond acceptors (Lipinski definition) is 3. The molecule has 0 saturated carbocycles. The average Bonchev–Trinajstić information content (AvgIpc) is 2.68. The summed E-state index contributed by atoms with van der Waals surface area (Å²) in [5.41, 5.74) is 4.04. The lowest BCUT2D eigenvalue weighted by molar-refractivity contribution is 0.149. The maximum absolute atomic E-state index is 9.99. The van der Waals surface area contributed by atoms with Crippen LogP contribution in [0.2, 0.25) is 0 Å². The summed E-state index contributed by atoms with van der Waals surface area (Å²) in [5.74, 6) is 1.40. The second-order valence-corrected chi connectivity index (χ2v) is 7.13. The molecule has 1 heterocycles. The molecule has 2 N–H and O–H groups in total. The lowest BCUT2D eigenvalue weighted by atomic mass is 9.62. The van der Waals surface area contributed by atoms with Crippen molar-refractivity contribution < 1.29 is 9.84 Å². The molecule has 1 unspecified atom stereocenters. The summed E-state index contributed by atoms with van der Waals surface area (Å²) in [7, 11) is 0. The number of rotatable bonds is 2. The number of allylic oxidation sites excluding steroid dienone is 1. The van der Waals surface area contributed by atoms with Gasteiger partial charge in [0, 0.05) is 12.0 Å². The molecule has 3 atom stereocenters. The molecule has 3 nitrogen and oxygen atoms in total. The molecule has 0 aromatic heterocycles. The van der Waals surface area contributed by atoms with Gasteiger partial charge < -0.3 is 15.2 Å². The predicted octanol–water partition coefficient (Wildman–Crippen LogP) is 3.45. The highest BCUT2D eigenvalue weighted by Crippen LogP contribution is 2.47. The van der Waals surface area contributed by atoms with Gasteiger partial charge in [-0.25, -0.2) is 0 Å². The Kier molecular flexibility index (Phi) is 4.80. The molecule has 1 aromatic rings. The van der Waals surface area contributed by atoms with Crippen LogP contribution in [0.4, 0.5) is 0 Å². The number of aliphatic hydroxyl groups excluding tert-OH is 1. The summed E-state index contributed by atoms with van der Waals surface area (Å²) in [6.45, 7) is 6.36. The van der Waals surface area contributed by atoms with E-state index in [1.165, 1.54) is 16.7 Å². The first kappa shape index (κ1) is 16.3. The van der Waals surface area contributed by atoms with E-state index in [4.69, 9.17) is 4.74 Å². The Balaban J connectivity index is 2.19. The monoisotopic (exact) mass is 413 g/mol. The molecule has 1 aliphatic heterocycles. The van der Waals surface area contributed by atoms with Gasteiger partial charge in [-0.15, -0.1) is 0 Å². The van der Waals surface area contributed by atoms with E-state index in [0.29, 0.717) is 10.5 Å². The number of benzene rings is 1. The first-order valence-corrected chi connectivity index (χ1v) is 9.51. The maximum atomic E-state index is 9.99. The van der Waals surface area contributed by atoms with E-state index in [2.05, 4.69) is 60.0 Å². The Labute approximate surface area is 146 Å². The van der Waals surface area contributed by atoms with Gasteiger partial charge in [0.05, 0.1) is 6.10 Å². The summed E-state index contributed by atoms with van der Waals surface area (Å²) in [6.07, 6.45) is 5.83. The third kappa shape index (κ3) is 2.69. The smallest absolute Gasteiger partial charge is 0.139 e. The van der Waals surface area contributed by atoms with Crippen LogP contribution in [0.25, 0.3) is 0 Å². The minimum absolute atomic E-state index is 0.00674. The van der Waals surface area contributed by atoms with E-state index in [0.717, 1.165) is 31.7 Å². The normalized spacial score (nSPS) is 30.9. The predicted molar refractivity (Wildman–Crippen MR) is 97.6 cm³/mol. The largest absolute Gasteiger partial charge is 0.483 e. The second kappa shape index (κ2) is 6.49. The Hall–Kier alpha value is -0.590. The molecule has 1 aromatic carbocycles. The number of ether oxygens (including phenoxy) is 1. The molecule has 1 spiro atoms. The van der Waals surface area contributed by atoms with Crippen molar-refractivity contribution in [3.63, 3.8) is 0 Å². The van der Waals surface area contributed by atoms with Gasteiger partial charge >= 0.3 is 0 Å². The quantitative estimate of drug-likeness (QED) is 0.444. The zero-order valence-corrected chi connectivity index (χ0v) is 15.4. The molecule has 3 rings (SSSR count). The summed E-state index contributed by atoms with van der Waals surface area (Å²) in [4.78, 5) is 0. The number of alkyl halides is 1. The van der Waals surface area contributed by atoms with Gasteiger partial charge in [-0.3, -0.25) is 0 Å². The molecule has 1 aliphatic carbocycles. The molecule has 4 heteroatoms. The molecule has 2 aliphatic rings. The van der Waals surface area contributed by atoms with Crippen molar-refractivity contribution in [2.45, 2.75) is 44.8 Å². The zero-order chi connectivity index (χ0) is 15.7. The minimum Gasteiger partial charge on any atom is -0.483 e. The molecule has 0 bridgehead atoms. The molecule has 22 heavy (non-hydrogen) atoms. The fourth-order valence-corrected chi connectivity index (χ4v) is 4.50. The van der Waals surface area contributed by atoms with Crippen molar-refractivity contribution in [2.24, 2.45) is 5.92 Å². The zero-order valence-electron chi connectivity index (χ0n) is 13.2. The third-order valence-electron chi connectivity index (χ3n) is 5.30. The molecule has 0 amide bonds. The number of aliphatic hydroxyl groups is 1. The van der Waals surface area contributed by atoms with Crippen molar-refractivity contribution in [1.29, 1.82) is 0 Å². The topological polar surface area (TPSA) is 41.5 Å². The number of halogens is 1. The fourth-order valence-electron chi connectivity index (χ4n) is 4.16. The van der Waals surface area contributed by atoms with Gasteiger partial charge in [-0.2, -0.15) is 0 Å². The minimum atomic E-state index is -0.311. The number of hydrogen-bond donors (Lipinski definition) is 2.